The summed E-state index contributed by atoms with van der Waals surface area (Å²) in [6.45, 7) is 0.153. The molecule has 1 aliphatic heterocycles. The molecule has 0 radical (unpaired) electrons. The van der Waals surface area contributed by atoms with E-state index < -0.39 is 11.0 Å². The molecule has 2 fully saturated rings. The third-order valence-electron chi connectivity index (χ3n) is 5.85. The Morgan fingerprint density at radius 2 is 1.93 bits per heavy atom. The number of rotatable bonds is 9. The van der Waals surface area contributed by atoms with Crippen molar-refractivity contribution in [3.05, 3.63) is 32.8 Å². The zero-order chi connectivity index (χ0) is 21.1. The van der Waals surface area contributed by atoms with Gasteiger partial charge in [0.25, 0.3) is 0 Å². The minimum absolute atomic E-state index is 0.0253. The summed E-state index contributed by atoms with van der Waals surface area (Å²) >= 11 is 0. The molecule has 0 unspecified atom stereocenters. The van der Waals surface area contributed by atoms with Gasteiger partial charge in [-0.15, -0.1) is 0 Å². The molecule has 4 rings (SSSR count). The maximum Gasteiger partial charge on any atom is 0.311 e. The van der Waals surface area contributed by atoms with Crippen molar-refractivity contribution in [2.75, 3.05) is 19.8 Å². The van der Waals surface area contributed by atoms with Crippen molar-refractivity contribution in [2.24, 2.45) is 16.9 Å². The van der Waals surface area contributed by atoms with Gasteiger partial charge in [-0.2, -0.15) is 0 Å². The fraction of sp³-hybridized carbons (Fsp3) is 0.619. The van der Waals surface area contributed by atoms with Crippen molar-refractivity contribution in [3.8, 4) is 5.75 Å². The molecule has 0 atom stereocenters. The summed E-state index contributed by atoms with van der Waals surface area (Å²) in [5, 5.41) is 35.7. The Bertz CT molecular complexity index is 931. The molecule has 0 saturated heterocycles. The van der Waals surface area contributed by atoms with Crippen molar-refractivity contribution in [3.63, 3.8) is 0 Å². The highest BCUT2D eigenvalue weighted by Gasteiger charge is 2.27. The third-order valence-corrected chi connectivity index (χ3v) is 5.85. The molecule has 30 heavy (non-hydrogen) atoms. The molecule has 9 nitrogen and oxygen atoms in total. The first-order valence-electron chi connectivity index (χ1n) is 10.6. The molecule has 1 heterocycles. The predicted octanol–water partition coefficient (Wildman–Crippen LogP) is 0.682. The van der Waals surface area contributed by atoms with Crippen LogP contribution in [0.25, 0.3) is 6.20 Å². The van der Waals surface area contributed by atoms with E-state index in [1.807, 2.05) is 12.4 Å². The second-order valence-corrected chi connectivity index (χ2v) is 8.31. The van der Waals surface area contributed by atoms with Gasteiger partial charge in [0.2, 0.25) is 6.20 Å². The molecule has 0 bridgehead atoms. The largest absolute Gasteiger partial charge is 0.486 e. The lowest BCUT2D eigenvalue weighted by molar-refractivity contribution is -0.424. The van der Waals surface area contributed by atoms with Gasteiger partial charge in [-0.25, -0.2) is 0 Å². The number of hydrogen-bond donors (Lipinski definition) is 2. The summed E-state index contributed by atoms with van der Waals surface area (Å²) in [5.41, 5.74) is -0.0253. The molecule has 2 saturated carbocycles. The summed E-state index contributed by atoms with van der Waals surface area (Å²) in [6.07, 6.45) is 9.16. The Morgan fingerprint density at radius 3 is 2.57 bits per heavy atom. The Hall–Kier alpha value is -2.36. The van der Waals surface area contributed by atoms with Gasteiger partial charge >= 0.3 is 5.69 Å². The van der Waals surface area contributed by atoms with Gasteiger partial charge in [-0.3, -0.25) is 10.1 Å². The van der Waals surface area contributed by atoms with E-state index in [2.05, 4.69) is 5.10 Å². The van der Waals surface area contributed by atoms with E-state index in [9.17, 15) is 10.1 Å². The van der Waals surface area contributed by atoms with Crippen LogP contribution in [0.5, 0.6) is 5.75 Å². The Labute approximate surface area is 174 Å². The number of nitrogens with zero attached hydrogens (tertiary/aromatic N) is 3. The monoisotopic (exact) mass is 418 g/mol. The molecule has 0 aromatic heterocycles. The number of aliphatic hydroxyl groups excluding tert-OH is 2. The number of fused-ring (bicyclic) bond motifs is 1. The summed E-state index contributed by atoms with van der Waals surface area (Å²) in [5.74, 6) is 1.11. The van der Waals surface area contributed by atoms with Crippen LogP contribution in [0.3, 0.4) is 0 Å². The number of nitro benzene ring substituents is 1. The van der Waals surface area contributed by atoms with Crippen LogP contribution in [0.15, 0.2) is 17.2 Å². The summed E-state index contributed by atoms with van der Waals surface area (Å²) < 4.78 is 13.2. The second-order valence-electron chi connectivity index (χ2n) is 8.31. The number of nitro groups is 1. The normalized spacial score (nSPS) is 24.4. The lowest BCUT2D eigenvalue weighted by Gasteiger charge is -2.28. The Kier molecular flexibility index (Phi) is 6.40. The number of benzene rings is 1. The fourth-order valence-electron chi connectivity index (χ4n) is 3.89. The molecule has 3 aliphatic rings. The standard InChI is InChI=1S/C21H28N3O6/c25-11-18(12-26)30-17-5-3-14(4-6-17)9-23-10-16-7-20(24(27)28)21(8-19(16)22-23)29-13-15-1-2-15/h7-10,14-15,17-18,25-26H,1-6,11-13H2/q+1/b23-9-. The first-order chi connectivity index (χ1) is 14.6. The SMILES string of the molecule is O=[N+]([O-])c1cc2c(cc1OCC1CC1)=N/[N+](=C\C1CCC(OC(CO)CO)CC1)C=2. The van der Waals surface area contributed by atoms with Crippen LogP contribution in [-0.2, 0) is 4.74 Å². The van der Waals surface area contributed by atoms with Crippen LogP contribution in [0.1, 0.15) is 38.5 Å². The fourth-order valence-corrected chi connectivity index (χ4v) is 3.89. The molecule has 1 aromatic rings. The van der Waals surface area contributed by atoms with Gasteiger partial charge in [-0.1, -0.05) is 4.68 Å². The average molecular weight is 418 g/mol. The molecule has 0 spiro atoms. The molecule has 162 valence electrons. The van der Waals surface area contributed by atoms with E-state index in [4.69, 9.17) is 19.7 Å². The molecule has 9 heteroatoms. The van der Waals surface area contributed by atoms with Crippen LogP contribution >= 0.6 is 0 Å². The first-order valence-corrected chi connectivity index (χ1v) is 10.6. The van der Waals surface area contributed by atoms with Gasteiger partial charge in [0.05, 0.1) is 36.1 Å². The van der Waals surface area contributed by atoms with E-state index in [0.29, 0.717) is 29.0 Å². The summed E-state index contributed by atoms with van der Waals surface area (Å²) in [6, 6.07) is 3.19. The highest BCUT2D eigenvalue weighted by atomic mass is 16.6. The average Bonchev–Trinajstić information content (AvgIpc) is 3.49. The van der Waals surface area contributed by atoms with E-state index in [0.717, 1.165) is 38.5 Å². The zero-order valence-corrected chi connectivity index (χ0v) is 16.9. The predicted molar refractivity (Wildman–Crippen MR) is 108 cm³/mol. The van der Waals surface area contributed by atoms with Crippen LogP contribution in [0, 0.1) is 22.0 Å². The summed E-state index contributed by atoms with van der Waals surface area (Å²) in [7, 11) is 0. The van der Waals surface area contributed by atoms with Crippen LogP contribution in [-0.4, -0.2) is 58.1 Å². The first kappa shape index (κ1) is 20.9. The third kappa shape index (κ3) is 5.03. The minimum atomic E-state index is -0.515. The highest BCUT2D eigenvalue weighted by Crippen LogP contribution is 2.31. The van der Waals surface area contributed by atoms with Crippen LogP contribution in [0.4, 0.5) is 5.69 Å². The van der Waals surface area contributed by atoms with Gasteiger partial charge in [-0.05, 0) is 44.4 Å². The molecule has 2 N–H and O–H groups in total. The number of aliphatic hydroxyl groups is 2. The van der Waals surface area contributed by atoms with Crippen molar-refractivity contribution in [1.82, 2.24) is 0 Å². The van der Waals surface area contributed by atoms with E-state index >= 15 is 0 Å². The summed E-state index contributed by atoms with van der Waals surface area (Å²) in [4.78, 5) is 11.0. The smallest absolute Gasteiger partial charge is 0.311 e. The van der Waals surface area contributed by atoms with Crippen molar-refractivity contribution in [2.45, 2.75) is 50.7 Å². The van der Waals surface area contributed by atoms with Crippen molar-refractivity contribution < 1.29 is 29.3 Å². The maximum absolute atomic E-state index is 11.4. The van der Waals surface area contributed by atoms with E-state index in [1.165, 1.54) is 6.07 Å². The van der Waals surface area contributed by atoms with Gasteiger partial charge in [0.15, 0.2) is 12.0 Å². The van der Waals surface area contributed by atoms with E-state index in [1.54, 1.807) is 10.8 Å². The quantitative estimate of drug-likeness (QED) is 0.346. The Morgan fingerprint density at radius 1 is 1.20 bits per heavy atom. The molecule has 1 aromatic carbocycles. The lowest BCUT2D eigenvalue weighted by atomic mass is 9.88. The molecular weight excluding hydrogens is 390 g/mol. The topological polar surface area (TPSA) is 117 Å². The number of hydrogen-bond acceptors (Lipinski definition) is 7. The molecule has 0 amide bonds. The van der Waals surface area contributed by atoms with Gasteiger partial charge < -0.3 is 19.7 Å². The van der Waals surface area contributed by atoms with E-state index in [-0.39, 0.29) is 30.8 Å². The van der Waals surface area contributed by atoms with Crippen LogP contribution in [0.2, 0.25) is 0 Å². The minimum Gasteiger partial charge on any atom is -0.486 e. The van der Waals surface area contributed by atoms with Crippen molar-refractivity contribution >= 4 is 18.1 Å². The highest BCUT2D eigenvalue weighted by molar-refractivity contribution is 5.57. The van der Waals surface area contributed by atoms with Crippen LogP contribution < -0.4 is 15.3 Å². The Balaban J connectivity index is 1.44. The second kappa shape index (κ2) is 9.20. The number of ether oxygens (including phenoxy) is 2. The zero-order valence-electron chi connectivity index (χ0n) is 16.9. The molecular formula is C21H28N3O6+. The lowest BCUT2D eigenvalue weighted by Crippen LogP contribution is -2.31. The van der Waals surface area contributed by atoms with Crippen molar-refractivity contribution in [1.29, 1.82) is 0 Å². The van der Waals surface area contributed by atoms with Gasteiger partial charge in [0, 0.05) is 23.2 Å². The van der Waals surface area contributed by atoms with Gasteiger partial charge in [0.1, 0.15) is 11.5 Å². The maximum atomic E-state index is 11.4. The molecule has 2 aliphatic carbocycles.